The van der Waals surface area contributed by atoms with Crippen molar-refractivity contribution < 1.29 is 17.9 Å². The molecular weight excluding hydrogens is 389 g/mol. The topological polar surface area (TPSA) is 25.4 Å². The summed E-state index contributed by atoms with van der Waals surface area (Å²) in [5, 5.41) is 0. The molecule has 1 aromatic carbocycles. The fourth-order valence-corrected chi connectivity index (χ4v) is 4.78. The number of alkyl halides is 1. The third-order valence-corrected chi connectivity index (χ3v) is 5.90. The molecule has 0 bridgehead atoms. The number of hydrogen-bond donors (Lipinski definition) is 0. The summed E-state index contributed by atoms with van der Waals surface area (Å²) < 4.78 is 50.3. The van der Waals surface area contributed by atoms with Crippen LogP contribution in [0.4, 0.5) is 13.2 Å². The maximum absolute atomic E-state index is 15.2. The summed E-state index contributed by atoms with van der Waals surface area (Å²) in [6.45, 7) is 7.03. The van der Waals surface area contributed by atoms with Crippen LogP contribution in [0.2, 0.25) is 0 Å². The molecule has 0 spiro atoms. The summed E-state index contributed by atoms with van der Waals surface area (Å²) in [4.78, 5) is 5.73. The van der Waals surface area contributed by atoms with Gasteiger partial charge in [-0.05, 0) is 62.8 Å². The van der Waals surface area contributed by atoms with Gasteiger partial charge < -0.3 is 4.74 Å². The maximum atomic E-state index is 15.2. The van der Waals surface area contributed by atoms with Crippen molar-refractivity contribution >= 4 is 5.57 Å². The molecule has 1 aliphatic carbocycles. The Bertz CT molecular complexity index is 973. The van der Waals surface area contributed by atoms with Crippen LogP contribution in [0.3, 0.4) is 0 Å². The molecule has 2 aromatic rings. The number of pyridine rings is 1. The summed E-state index contributed by atoms with van der Waals surface area (Å²) >= 11 is 0. The second kappa shape index (κ2) is 7.73. The van der Waals surface area contributed by atoms with Gasteiger partial charge in [-0.1, -0.05) is 24.3 Å². The predicted molar refractivity (Wildman–Crippen MR) is 111 cm³/mol. The number of hydrogen-bond acceptors (Lipinski definition) is 3. The molecule has 1 aliphatic heterocycles. The number of halogens is 3. The summed E-state index contributed by atoms with van der Waals surface area (Å²) in [5.74, 6) is -1.70. The van der Waals surface area contributed by atoms with E-state index in [9.17, 15) is 4.39 Å². The molecule has 2 atom stereocenters. The van der Waals surface area contributed by atoms with E-state index in [0.717, 1.165) is 28.3 Å². The fraction of sp³-hybridized carbons (Fsp3) is 0.458. The molecule has 0 radical (unpaired) electrons. The average Bonchev–Trinajstić information content (AvgIpc) is 3.01. The van der Waals surface area contributed by atoms with Crippen LogP contribution in [-0.2, 0) is 6.42 Å². The lowest BCUT2D eigenvalue weighted by atomic mass is 9.84. The molecule has 160 valence electrons. The minimum Gasteiger partial charge on any atom is -0.478 e. The lowest BCUT2D eigenvalue weighted by Gasteiger charge is -2.44. The normalized spacial score (nSPS) is 21.6. The predicted octanol–water partition coefficient (Wildman–Crippen LogP) is 5.65. The molecular formula is C24H27F3N2O. The molecule has 0 fully saturated rings. The van der Waals surface area contributed by atoms with E-state index in [1.54, 1.807) is 6.92 Å². The number of fused-ring (bicyclic) bond motifs is 2. The highest BCUT2D eigenvalue weighted by Gasteiger charge is 2.43. The molecule has 2 heterocycles. The SMILES string of the molecule is CCOc1cc(F)c([C@@H]2C3=C(C[C@@H](C)N2CC(C)(C)F)c2ccccc2C3)c(F)n1. The van der Waals surface area contributed by atoms with Gasteiger partial charge in [0.1, 0.15) is 11.5 Å². The van der Waals surface area contributed by atoms with Gasteiger partial charge >= 0.3 is 0 Å². The summed E-state index contributed by atoms with van der Waals surface area (Å²) in [6.07, 6.45) is 1.31. The van der Waals surface area contributed by atoms with E-state index in [-0.39, 0.29) is 30.6 Å². The van der Waals surface area contributed by atoms with Crippen molar-refractivity contribution in [2.75, 3.05) is 13.2 Å². The Morgan fingerprint density at radius 1 is 1.23 bits per heavy atom. The molecule has 0 amide bonds. The smallest absolute Gasteiger partial charge is 0.224 e. The van der Waals surface area contributed by atoms with Gasteiger partial charge in [0, 0.05) is 18.7 Å². The Labute approximate surface area is 175 Å². The molecule has 1 aromatic heterocycles. The number of benzene rings is 1. The molecule has 0 saturated carbocycles. The van der Waals surface area contributed by atoms with Crippen LogP contribution in [-0.4, -0.2) is 34.7 Å². The monoisotopic (exact) mass is 416 g/mol. The number of rotatable bonds is 5. The maximum Gasteiger partial charge on any atom is 0.224 e. The third kappa shape index (κ3) is 3.73. The van der Waals surface area contributed by atoms with Gasteiger partial charge in [0.2, 0.25) is 11.8 Å². The van der Waals surface area contributed by atoms with E-state index in [1.165, 1.54) is 13.8 Å². The first kappa shape index (κ1) is 20.9. The minimum absolute atomic E-state index is 0.0675. The molecule has 0 saturated heterocycles. The van der Waals surface area contributed by atoms with Crippen LogP contribution >= 0.6 is 0 Å². The van der Waals surface area contributed by atoms with E-state index in [1.807, 2.05) is 30.0 Å². The number of aromatic nitrogens is 1. The standard InChI is InChI=1S/C24H27F3N2O/c1-5-30-20-12-19(25)21(23(26)28-20)22-18-11-15-8-6-7-9-16(15)17(18)10-14(2)29(22)13-24(3,4)27/h6-9,12,14,22H,5,10-11,13H2,1-4H3/t14-,22+/m1/s1. The van der Waals surface area contributed by atoms with E-state index >= 15 is 8.78 Å². The van der Waals surface area contributed by atoms with Gasteiger partial charge in [-0.2, -0.15) is 9.37 Å². The second-order valence-electron chi connectivity index (χ2n) is 8.76. The second-order valence-corrected chi connectivity index (χ2v) is 8.76. The molecule has 6 heteroatoms. The van der Waals surface area contributed by atoms with Gasteiger partial charge in [0.05, 0.1) is 18.2 Å². The Morgan fingerprint density at radius 2 is 1.97 bits per heavy atom. The van der Waals surface area contributed by atoms with Gasteiger partial charge in [0.25, 0.3) is 0 Å². The van der Waals surface area contributed by atoms with E-state index in [0.29, 0.717) is 12.8 Å². The molecule has 2 aliphatic rings. The Balaban J connectivity index is 1.87. The van der Waals surface area contributed by atoms with E-state index < -0.39 is 23.5 Å². The molecule has 0 unspecified atom stereocenters. The highest BCUT2D eigenvalue weighted by Crippen LogP contribution is 2.50. The zero-order valence-electron chi connectivity index (χ0n) is 17.8. The zero-order valence-corrected chi connectivity index (χ0v) is 17.8. The van der Waals surface area contributed by atoms with Crippen LogP contribution in [0.5, 0.6) is 5.88 Å². The van der Waals surface area contributed by atoms with Crippen molar-refractivity contribution in [2.45, 2.75) is 58.3 Å². The van der Waals surface area contributed by atoms with E-state index in [2.05, 4.69) is 11.1 Å². The zero-order chi connectivity index (χ0) is 21.6. The average molecular weight is 416 g/mol. The number of nitrogens with zero attached hydrogens (tertiary/aromatic N) is 2. The van der Waals surface area contributed by atoms with Crippen molar-refractivity contribution in [3.8, 4) is 5.88 Å². The number of ether oxygens (including phenoxy) is 1. The van der Waals surface area contributed by atoms with Gasteiger partial charge in [-0.3, -0.25) is 4.90 Å². The fourth-order valence-electron chi connectivity index (χ4n) is 4.78. The summed E-state index contributed by atoms with van der Waals surface area (Å²) in [5.41, 5.74) is 2.67. The quantitative estimate of drug-likeness (QED) is 0.589. The first-order chi connectivity index (χ1) is 14.2. The summed E-state index contributed by atoms with van der Waals surface area (Å²) in [6, 6.07) is 8.38. The van der Waals surface area contributed by atoms with Crippen molar-refractivity contribution in [2.24, 2.45) is 0 Å². The molecule has 4 rings (SSSR count). The van der Waals surface area contributed by atoms with Crippen LogP contribution < -0.4 is 4.74 Å². The first-order valence-corrected chi connectivity index (χ1v) is 10.4. The van der Waals surface area contributed by atoms with Crippen LogP contribution in [0.1, 0.15) is 56.8 Å². The Hall–Kier alpha value is -2.34. The van der Waals surface area contributed by atoms with Crippen molar-refractivity contribution in [3.63, 3.8) is 0 Å². The van der Waals surface area contributed by atoms with Crippen LogP contribution in [0, 0.1) is 11.8 Å². The van der Waals surface area contributed by atoms with Gasteiger partial charge in [-0.15, -0.1) is 0 Å². The van der Waals surface area contributed by atoms with Crippen molar-refractivity contribution in [1.82, 2.24) is 9.88 Å². The highest BCUT2D eigenvalue weighted by molar-refractivity contribution is 5.79. The third-order valence-electron chi connectivity index (χ3n) is 5.90. The largest absolute Gasteiger partial charge is 0.478 e. The molecule has 3 nitrogen and oxygen atoms in total. The Morgan fingerprint density at radius 3 is 2.63 bits per heavy atom. The van der Waals surface area contributed by atoms with Crippen molar-refractivity contribution in [3.05, 3.63) is 64.4 Å². The molecule has 0 N–H and O–H groups in total. The van der Waals surface area contributed by atoms with Gasteiger partial charge in [0.15, 0.2) is 0 Å². The van der Waals surface area contributed by atoms with Crippen LogP contribution in [0.25, 0.3) is 5.57 Å². The lowest BCUT2D eigenvalue weighted by Crippen LogP contribution is -2.47. The minimum atomic E-state index is -1.51. The first-order valence-electron chi connectivity index (χ1n) is 10.4. The van der Waals surface area contributed by atoms with E-state index in [4.69, 9.17) is 4.74 Å². The van der Waals surface area contributed by atoms with Gasteiger partial charge in [-0.25, -0.2) is 8.78 Å². The Kier molecular flexibility index (Phi) is 5.39. The lowest BCUT2D eigenvalue weighted by molar-refractivity contribution is 0.0672. The molecule has 30 heavy (non-hydrogen) atoms. The highest BCUT2D eigenvalue weighted by atomic mass is 19.1. The summed E-state index contributed by atoms with van der Waals surface area (Å²) in [7, 11) is 0. The van der Waals surface area contributed by atoms with Crippen LogP contribution in [0.15, 0.2) is 35.9 Å². The van der Waals surface area contributed by atoms with Crippen molar-refractivity contribution in [1.29, 1.82) is 0 Å².